The molecule has 0 spiro atoms. The first-order valence-electron chi connectivity index (χ1n) is 10.6. The first-order valence-corrected chi connectivity index (χ1v) is 11.8. The number of ether oxygens (including phenoxy) is 2. The van der Waals surface area contributed by atoms with Gasteiger partial charge in [0, 0.05) is 11.6 Å². The lowest BCUT2D eigenvalue weighted by atomic mass is 10.2. The van der Waals surface area contributed by atoms with Crippen LogP contribution in [0.3, 0.4) is 0 Å². The molecule has 3 amide bonds. The molecule has 0 aromatic heterocycles. The number of carbonyl (C=O) groups is 3. The van der Waals surface area contributed by atoms with E-state index < -0.39 is 11.1 Å². The lowest BCUT2D eigenvalue weighted by Crippen LogP contribution is -2.28. The summed E-state index contributed by atoms with van der Waals surface area (Å²) in [6.07, 6.45) is 1.61. The topological polar surface area (TPSA) is 84.9 Å². The van der Waals surface area contributed by atoms with E-state index >= 15 is 0 Å². The molecule has 178 valence electrons. The average molecular weight is 509 g/mol. The van der Waals surface area contributed by atoms with E-state index in [2.05, 4.69) is 5.32 Å². The van der Waals surface area contributed by atoms with Crippen LogP contribution in [0.5, 0.6) is 11.5 Å². The highest BCUT2D eigenvalue weighted by atomic mass is 35.5. The van der Waals surface area contributed by atoms with Crippen molar-refractivity contribution in [1.82, 2.24) is 5.32 Å². The molecule has 0 aliphatic carbocycles. The van der Waals surface area contributed by atoms with Gasteiger partial charge in [-0.25, -0.2) is 4.90 Å². The van der Waals surface area contributed by atoms with E-state index in [0.29, 0.717) is 34.3 Å². The summed E-state index contributed by atoms with van der Waals surface area (Å²) in [5.41, 5.74) is 2.08. The van der Waals surface area contributed by atoms with Gasteiger partial charge in [-0.15, -0.1) is 0 Å². The van der Waals surface area contributed by atoms with Crippen molar-refractivity contribution in [3.63, 3.8) is 0 Å². The summed E-state index contributed by atoms with van der Waals surface area (Å²) in [6.45, 7) is 0.229. The number of rotatable bonds is 8. The van der Waals surface area contributed by atoms with Crippen molar-refractivity contribution in [3.05, 3.63) is 93.9 Å². The van der Waals surface area contributed by atoms with Crippen LogP contribution >= 0.6 is 23.4 Å². The molecule has 4 rings (SSSR count). The molecular formula is C26H21ClN2O5S. The minimum atomic E-state index is -0.420. The van der Waals surface area contributed by atoms with E-state index in [-0.39, 0.29) is 17.4 Å². The number of methoxy groups -OCH3 is 1. The molecule has 1 fully saturated rings. The summed E-state index contributed by atoms with van der Waals surface area (Å²) in [6, 6.07) is 21.1. The Morgan fingerprint density at radius 1 is 1.03 bits per heavy atom. The molecule has 0 unspecified atom stereocenters. The molecule has 0 radical (unpaired) electrons. The molecule has 3 aromatic carbocycles. The lowest BCUT2D eigenvalue weighted by molar-refractivity contribution is -0.123. The van der Waals surface area contributed by atoms with Crippen LogP contribution in [-0.4, -0.2) is 30.8 Å². The molecule has 0 bridgehead atoms. The van der Waals surface area contributed by atoms with E-state index in [9.17, 15) is 14.4 Å². The molecule has 1 N–H and O–H groups in total. The number of amides is 3. The normalized spacial score (nSPS) is 14.3. The Kier molecular flexibility index (Phi) is 7.74. The molecule has 1 aliphatic heterocycles. The predicted molar refractivity (Wildman–Crippen MR) is 137 cm³/mol. The third-order valence-electron chi connectivity index (χ3n) is 5.06. The second kappa shape index (κ2) is 11.1. The van der Waals surface area contributed by atoms with Crippen LogP contribution in [0.1, 0.15) is 11.1 Å². The van der Waals surface area contributed by atoms with Gasteiger partial charge in [0.25, 0.3) is 17.1 Å². The molecule has 1 saturated heterocycles. The van der Waals surface area contributed by atoms with E-state index in [4.69, 9.17) is 21.1 Å². The van der Waals surface area contributed by atoms with Gasteiger partial charge >= 0.3 is 0 Å². The fourth-order valence-corrected chi connectivity index (χ4v) is 4.28. The highest BCUT2D eigenvalue weighted by Gasteiger charge is 2.36. The maximum Gasteiger partial charge on any atom is 0.298 e. The lowest BCUT2D eigenvalue weighted by Gasteiger charge is -2.12. The highest BCUT2D eigenvalue weighted by Crippen LogP contribution is 2.37. The van der Waals surface area contributed by atoms with Crippen molar-refractivity contribution in [2.75, 3.05) is 18.6 Å². The number of nitrogens with zero attached hydrogens (tertiary/aromatic N) is 1. The Bertz CT molecular complexity index is 1280. The summed E-state index contributed by atoms with van der Waals surface area (Å²) in [7, 11) is 1.48. The zero-order valence-electron chi connectivity index (χ0n) is 18.7. The van der Waals surface area contributed by atoms with Crippen LogP contribution in [0.4, 0.5) is 10.5 Å². The van der Waals surface area contributed by atoms with E-state index in [1.54, 1.807) is 48.5 Å². The first-order chi connectivity index (χ1) is 16.9. The van der Waals surface area contributed by atoms with Crippen LogP contribution in [0.25, 0.3) is 6.08 Å². The maximum atomic E-state index is 12.9. The third kappa shape index (κ3) is 6.03. The standard InChI is InChI=1S/C26H21ClN2O5S/c1-33-22-13-18(7-12-21(22)34-16-24(30)28-15-17-5-3-2-4-6-17)14-23-25(31)29(26(32)35-23)20-10-8-19(27)9-11-20/h2-14H,15-16H2,1H3,(H,28,30). The van der Waals surface area contributed by atoms with E-state index in [0.717, 1.165) is 22.2 Å². The minimum absolute atomic E-state index is 0.178. The molecule has 9 heteroatoms. The van der Waals surface area contributed by atoms with Crippen LogP contribution in [0.2, 0.25) is 5.02 Å². The maximum absolute atomic E-state index is 12.9. The Balaban J connectivity index is 1.41. The fourth-order valence-electron chi connectivity index (χ4n) is 3.32. The van der Waals surface area contributed by atoms with Crippen LogP contribution < -0.4 is 19.7 Å². The zero-order valence-corrected chi connectivity index (χ0v) is 20.3. The monoisotopic (exact) mass is 508 g/mol. The molecule has 1 heterocycles. The SMILES string of the molecule is COc1cc(C=C2SC(=O)N(c3ccc(Cl)cc3)C2=O)ccc1OCC(=O)NCc1ccccc1. The van der Waals surface area contributed by atoms with E-state index in [1.807, 2.05) is 30.3 Å². The molecule has 0 saturated carbocycles. The molecule has 3 aromatic rings. The van der Waals surface area contributed by atoms with Gasteiger partial charge in [-0.3, -0.25) is 14.4 Å². The van der Waals surface area contributed by atoms with Gasteiger partial charge in [0.1, 0.15) is 0 Å². The summed E-state index contributed by atoms with van der Waals surface area (Å²) >= 11 is 6.75. The van der Waals surface area contributed by atoms with Crippen LogP contribution in [0.15, 0.2) is 77.7 Å². The van der Waals surface area contributed by atoms with Gasteiger partial charge < -0.3 is 14.8 Å². The van der Waals surface area contributed by atoms with Crippen molar-refractivity contribution in [3.8, 4) is 11.5 Å². The van der Waals surface area contributed by atoms with Crippen LogP contribution in [0, 0.1) is 0 Å². The van der Waals surface area contributed by atoms with Gasteiger partial charge in [-0.05, 0) is 65.4 Å². The summed E-state index contributed by atoms with van der Waals surface area (Å²) in [5, 5.41) is 2.92. The number of hydrogen-bond acceptors (Lipinski definition) is 6. The second-order valence-electron chi connectivity index (χ2n) is 7.45. The molecule has 0 atom stereocenters. The van der Waals surface area contributed by atoms with Gasteiger partial charge in [-0.1, -0.05) is 48.0 Å². The first kappa shape index (κ1) is 24.4. The smallest absolute Gasteiger partial charge is 0.298 e. The summed E-state index contributed by atoms with van der Waals surface area (Å²) in [5.74, 6) is 0.0906. The Morgan fingerprint density at radius 2 is 1.77 bits per heavy atom. The van der Waals surface area contributed by atoms with Gasteiger partial charge in [0.2, 0.25) is 0 Å². The Morgan fingerprint density at radius 3 is 2.49 bits per heavy atom. The van der Waals surface area contributed by atoms with E-state index in [1.165, 1.54) is 7.11 Å². The average Bonchev–Trinajstić information content (AvgIpc) is 3.15. The quantitative estimate of drug-likeness (QED) is 0.416. The number of halogens is 1. The zero-order chi connectivity index (χ0) is 24.8. The van der Waals surface area contributed by atoms with Crippen molar-refractivity contribution >= 4 is 52.2 Å². The highest BCUT2D eigenvalue weighted by molar-refractivity contribution is 8.19. The molecule has 7 nitrogen and oxygen atoms in total. The largest absolute Gasteiger partial charge is 0.493 e. The van der Waals surface area contributed by atoms with Crippen molar-refractivity contribution in [2.45, 2.75) is 6.54 Å². The predicted octanol–water partition coefficient (Wildman–Crippen LogP) is 5.28. The van der Waals surface area contributed by atoms with Gasteiger partial charge in [-0.2, -0.15) is 0 Å². The third-order valence-corrected chi connectivity index (χ3v) is 6.18. The minimum Gasteiger partial charge on any atom is -0.493 e. The second-order valence-corrected chi connectivity index (χ2v) is 8.88. The van der Waals surface area contributed by atoms with Crippen molar-refractivity contribution in [2.24, 2.45) is 0 Å². The number of nitrogens with one attached hydrogen (secondary N) is 1. The molecular weight excluding hydrogens is 488 g/mol. The Labute approximate surface area is 211 Å². The van der Waals surface area contributed by atoms with Crippen LogP contribution in [-0.2, 0) is 16.1 Å². The number of imide groups is 1. The van der Waals surface area contributed by atoms with Crippen molar-refractivity contribution < 1.29 is 23.9 Å². The number of benzene rings is 3. The van der Waals surface area contributed by atoms with Gasteiger partial charge in [0.15, 0.2) is 18.1 Å². The Hall–Kier alpha value is -3.75. The molecule has 1 aliphatic rings. The summed E-state index contributed by atoms with van der Waals surface area (Å²) in [4.78, 5) is 38.8. The number of hydrogen-bond donors (Lipinski definition) is 1. The van der Waals surface area contributed by atoms with Crippen molar-refractivity contribution in [1.29, 1.82) is 0 Å². The number of thioether (sulfide) groups is 1. The molecule has 35 heavy (non-hydrogen) atoms. The summed E-state index contributed by atoms with van der Waals surface area (Å²) < 4.78 is 11.0. The van der Waals surface area contributed by atoms with Gasteiger partial charge in [0.05, 0.1) is 17.7 Å². The number of anilines is 1. The number of carbonyl (C=O) groups excluding carboxylic acids is 3. The fraction of sp³-hybridized carbons (Fsp3) is 0.115.